The van der Waals surface area contributed by atoms with Gasteiger partial charge in [0.1, 0.15) is 5.82 Å². The maximum Gasteiger partial charge on any atom is 0.221 e. The molecule has 2 heterocycles. The molecule has 0 atom stereocenters. The van der Waals surface area contributed by atoms with Crippen molar-refractivity contribution in [2.75, 3.05) is 13.1 Å². The minimum Gasteiger partial charge on any atom is -0.356 e. The first-order valence-electron chi connectivity index (χ1n) is 8.35. The van der Waals surface area contributed by atoms with Crippen LogP contribution in [0.5, 0.6) is 0 Å². The van der Waals surface area contributed by atoms with Crippen molar-refractivity contribution in [1.82, 2.24) is 20.2 Å². The first kappa shape index (κ1) is 14.6. The Morgan fingerprint density at radius 3 is 3.00 bits per heavy atom. The summed E-state index contributed by atoms with van der Waals surface area (Å²) in [6, 6.07) is 0. The number of rotatable bonds is 5. The van der Waals surface area contributed by atoms with E-state index >= 15 is 0 Å². The molecule has 116 valence electrons. The van der Waals surface area contributed by atoms with Crippen molar-refractivity contribution in [3.05, 3.63) is 17.2 Å². The Labute approximate surface area is 126 Å². The molecule has 0 bridgehead atoms. The number of carbonyl (C=O) groups is 1. The predicted octanol–water partition coefficient (Wildman–Crippen LogP) is 1.71. The lowest BCUT2D eigenvalue weighted by Gasteiger charge is -2.17. The molecule has 3 rings (SSSR count). The number of aromatic nitrogens is 2. The van der Waals surface area contributed by atoms with Crippen LogP contribution in [0.15, 0.2) is 0 Å². The van der Waals surface area contributed by atoms with Gasteiger partial charge in [-0.25, -0.2) is 4.98 Å². The van der Waals surface area contributed by atoms with E-state index in [0.717, 1.165) is 26.1 Å². The Morgan fingerprint density at radius 1 is 1.43 bits per heavy atom. The van der Waals surface area contributed by atoms with Crippen LogP contribution in [0.1, 0.15) is 62.2 Å². The van der Waals surface area contributed by atoms with Gasteiger partial charge in [0, 0.05) is 50.6 Å². The second-order valence-corrected chi connectivity index (χ2v) is 6.13. The molecule has 5 nitrogen and oxygen atoms in total. The van der Waals surface area contributed by atoms with Crippen LogP contribution in [0.3, 0.4) is 0 Å². The van der Waals surface area contributed by atoms with Crippen LogP contribution in [-0.2, 0) is 24.3 Å². The summed E-state index contributed by atoms with van der Waals surface area (Å²) in [6.45, 7) is 5.35. The Balaban J connectivity index is 1.81. The van der Waals surface area contributed by atoms with E-state index in [2.05, 4.69) is 15.2 Å². The van der Waals surface area contributed by atoms with Gasteiger partial charge in [0.2, 0.25) is 5.91 Å². The highest BCUT2D eigenvalue weighted by Gasteiger charge is 2.27. The zero-order valence-electron chi connectivity index (χ0n) is 13.0. The van der Waals surface area contributed by atoms with Gasteiger partial charge >= 0.3 is 0 Å². The topological polar surface area (TPSA) is 59.0 Å². The number of carbonyl (C=O) groups excluding carboxylic acids is 1. The first-order chi connectivity index (χ1) is 10.3. The van der Waals surface area contributed by atoms with Crippen LogP contribution in [0.2, 0.25) is 0 Å². The molecular weight excluding hydrogens is 264 g/mol. The maximum atomic E-state index is 11.8. The highest BCUT2D eigenvalue weighted by atomic mass is 16.1. The van der Waals surface area contributed by atoms with E-state index in [-0.39, 0.29) is 5.91 Å². The SMILES string of the molecule is CCNC(=O)CCn1c(C2CCCC2)nc2c1CCNC2. The lowest BCUT2D eigenvalue weighted by Crippen LogP contribution is -2.27. The molecule has 0 unspecified atom stereocenters. The molecule has 1 aliphatic heterocycles. The standard InChI is InChI=1S/C16H26N4O/c1-2-18-15(21)8-10-20-14-7-9-17-11-13(14)19-16(20)12-5-3-4-6-12/h12,17H,2-11H2,1H3,(H,18,21). The molecule has 1 aliphatic carbocycles. The molecule has 1 amide bonds. The Hall–Kier alpha value is -1.36. The molecule has 5 heteroatoms. The van der Waals surface area contributed by atoms with Crippen LogP contribution < -0.4 is 10.6 Å². The maximum absolute atomic E-state index is 11.8. The third-order valence-corrected chi connectivity index (χ3v) is 4.67. The van der Waals surface area contributed by atoms with Gasteiger partial charge in [0.15, 0.2) is 0 Å². The number of imidazole rings is 1. The molecule has 1 fully saturated rings. The van der Waals surface area contributed by atoms with Crippen molar-refractivity contribution < 1.29 is 4.79 Å². The zero-order valence-corrected chi connectivity index (χ0v) is 13.0. The van der Waals surface area contributed by atoms with Crippen LogP contribution in [0.4, 0.5) is 0 Å². The molecular formula is C16H26N4O. The highest BCUT2D eigenvalue weighted by Crippen LogP contribution is 2.35. The minimum atomic E-state index is 0.145. The van der Waals surface area contributed by atoms with Gasteiger partial charge in [0.05, 0.1) is 5.69 Å². The van der Waals surface area contributed by atoms with Crippen molar-refractivity contribution in [1.29, 1.82) is 0 Å². The smallest absolute Gasteiger partial charge is 0.221 e. The molecule has 2 N–H and O–H groups in total. The van der Waals surface area contributed by atoms with Gasteiger partial charge in [-0.2, -0.15) is 0 Å². The number of fused-ring (bicyclic) bond motifs is 1. The molecule has 0 saturated heterocycles. The van der Waals surface area contributed by atoms with Gasteiger partial charge in [-0.1, -0.05) is 12.8 Å². The molecule has 2 aliphatic rings. The molecule has 1 aromatic rings. The normalized spacial score (nSPS) is 18.7. The van der Waals surface area contributed by atoms with Gasteiger partial charge in [0.25, 0.3) is 0 Å². The monoisotopic (exact) mass is 290 g/mol. The quantitative estimate of drug-likeness (QED) is 0.868. The van der Waals surface area contributed by atoms with Gasteiger partial charge in [-0.15, -0.1) is 0 Å². The average Bonchev–Trinajstić information content (AvgIpc) is 3.13. The van der Waals surface area contributed by atoms with Crippen molar-refractivity contribution in [2.24, 2.45) is 0 Å². The van der Waals surface area contributed by atoms with Crippen molar-refractivity contribution >= 4 is 5.91 Å². The lowest BCUT2D eigenvalue weighted by molar-refractivity contribution is -0.121. The number of amides is 1. The molecule has 0 aromatic carbocycles. The third kappa shape index (κ3) is 3.12. The van der Waals surface area contributed by atoms with E-state index in [1.165, 1.54) is 42.9 Å². The van der Waals surface area contributed by atoms with Crippen LogP contribution >= 0.6 is 0 Å². The van der Waals surface area contributed by atoms with E-state index in [4.69, 9.17) is 4.98 Å². The van der Waals surface area contributed by atoms with Crippen molar-refractivity contribution in [2.45, 2.75) is 64.5 Å². The molecule has 21 heavy (non-hydrogen) atoms. The van der Waals surface area contributed by atoms with Crippen LogP contribution in [0.25, 0.3) is 0 Å². The summed E-state index contributed by atoms with van der Waals surface area (Å²) in [5.74, 6) is 1.99. The summed E-state index contributed by atoms with van der Waals surface area (Å²) in [5.41, 5.74) is 2.57. The van der Waals surface area contributed by atoms with Crippen LogP contribution in [0, 0.1) is 0 Å². The second-order valence-electron chi connectivity index (χ2n) is 6.13. The summed E-state index contributed by atoms with van der Waals surface area (Å²) in [4.78, 5) is 16.7. The second kappa shape index (κ2) is 6.60. The fourth-order valence-electron chi connectivity index (χ4n) is 3.64. The lowest BCUT2D eigenvalue weighted by atomic mass is 10.1. The first-order valence-corrected chi connectivity index (χ1v) is 8.35. The fraction of sp³-hybridized carbons (Fsp3) is 0.750. The number of hydrogen-bond donors (Lipinski definition) is 2. The Morgan fingerprint density at radius 2 is 2.24 bits per heavy atom. The summed E-state index contributed by atoms with van der Waals surface area (Å²) >= 11 is 0. The van der Waals surface area contributed by atoms with E-state index in [0.29, 0.717) is 18.9 Å². The molecule has 1 saturated carbocycles. The predicted molar refractivity (Wildman–Crippen MR) is 82.1 cm³/mol. The summed E-state index contributed by atoms with van der Waals surface area (Å²) in [6.07, 6.45) is 6.73. The largest absolute Gasteiger partial charge is 0.356 e. The van der Waals surface area contributed by atoms with E-state index in [1.54, 1.807) is 0 Å². The Kier molecular flexibility index (Phi) is 4.58. The summed E-state index contributed by atoms with van der Waals surface area (Å²) in [5, 5.41) is 6.29. The minimum absolute atomic E-state index is 0.145. The Bertz CT molecular complexity index is 503. The highest BCUT2D eigenvalue weighted by molar-refractivity contribution is 5.75. The summed E-state index contributed by atoms with van der Waals surface area (Å²) in [7, 11) is 0. The van der Waals surface area contributed by atoms with E-state index < -0.39 is 0 Å². The van der Waals surface area contributed by atoms with Crippen molar-refractivity contribution in [3.63, 3.8) is 0 Å². The number of nitrogens with one attached hydrogen (secondary N) is 2. The molecule has 0 radical (unpaired) electrons. The van der Waals surface area contributed by atoms with Gasteiger partial charge < -0.3 is 15.2 Å². The number of hydrogen-bond acceptors (Lipinski definition) is 3. The molecule has 0 spiro atoms. The van der Waals surface area contributed by atoms with Gasteiger partial charge in [-0.3, -0.25) is 4.79 Å². The van der Waals surface area contributed by atoms with Gasteiger partial charge in [-0.05, 0) is 19.8 Å². The van der Waals surface area contributed by atoms with Crippen LogP contribution in [-0.4, -0.2) is 28.5 Å². The average molecular weight is 290 g/mol. The van der Waals surface area contributed by atoms with E-state index in [9.17, 15) is 4.79 Å². The zero-order chi connectivity index (χ0) is 14.7. The molecule has 1 aromatic heterocycles. The van der Waals surface area contributed by atoms with E-state index in [1.807, 2.05) is 6.92 Å². The third-order valence-electron chi connectivity index (χ3n) is 4.67. The summed E-state index contributed by atoms with van der Waals surface area (Å²) < 4.78 is 2.36. The fourth-order valence-corrected chi connectivity index (χ4v) is 3.64. The van der Waals surface area contributed by atoms with Crippen molar-refractivity contribution in [3.8, 4) is 0 Å². The number of nitrogens with zero attached hydrogens (tertiary/aromatic N) is 2.